The molecule has 0 aromatic rings. The zero-order valence-electron chi connectivity index (χ0n) is 7.14. The van der Waals surface area contributed by atoms with E-state index >= 15 is 0 Å². The summed E-state index contributed by atoms with van der Waals surface area (Å²) in [6, 6.07) is 2.41. The molecule has 2 aliphatic rings. The maximum absolute atomic E-state index is 8.75. The topological polar surface area (TPSA) is 23.8 Å². The van der Waals surface area contributed by atoms with Crippen LogP contribution in [0.3, 0.4) is 0 Å². The predicted octanol–water partition coefficient (Wildman–Crippen LogP) is 2.73. The quantitative estimate of drug-likeness (QED) is 0.562. The van der Waals surface area contributed by atoms with Crippen molar-refractivity contribution in [3.63, 3.8) is 0 Å². The molecule has 0 aliphatic heterocycles. The second-order valence-corrected chi connectivity index (χ2v) is 4.37. The number of rotatable bonds is 1. The van der Waals surface area contributed by atoms with Gasteiger partial charge in [-0.3, -0.25) is 0 Å². The van der Waals surface area contributed by atoms with Crippen molar-refractivity contribution in [3.05, 3.63) is 0 Å². The van der Waals surface area contributed by atoms with E-state index in [1.165, 1.54) is 32.1 Å². The van der Waals surface area contributed by atoms with Crippen molar-refractivity contribution in [1.82, 2.24) is 0 Å². The molecule has 11 heavy (non-hydrogen) atoms. The van der Waals surface area contributed by atoms with Gasteiger partial charge < -0.3 is 0 Å². The van der Waals surface area contributed by atoms with Crippen LogP contribution in [0.25, 0.3) is 0 Å². The van der Waals surface area contributed by atoms with Crippen molar-refractivity contribution in [2.75, 3.05) is 0 Å². The molecule has 0 amide bonds. The van der Waals surface area contributed by atoms with Gasteiger partial charge in [0.25, 0.3) is 0 Å². The fourth-order valence-corrected chi connectivity index (χ4v) is 2.61. The second kappa shape index (κ2) is 2.24. The van der Waals surface area contributed by atoms with Gasteiger partial charge in [-0.15, -0.1) is 0 Å². The molecule has 0 aromatic carbocycles. The normalized spacial score (nSPS) is 43.8. The molecule has 1 heteroatoms. The van der Waals surface area contributed by atoms with Crippen LogP contribution in [0.15, 0.2) is 0 Å². The molecule has 2 saturated carbocycles. The van der Waals surface area contributed by atoms with Crippen molar-refractivity contribution < 1.29 is 0 Å². The van der Waals surface area contributed by atoms with Gasteiger partial charge in [0.1, 0.15) is 0 Å². The largest absolute Gasteiger partial charge is 0.198 e. The molecule has 0 aromatic heterocycles. The van der Waals surface area contributed by atoms with Crippen LogP contribution in [0.1, 0.15) is 39.0 Å². The Labute approximate surface area is 68.4 Å². The first kappa shape index (κ1) is 7.16. The highest BCUT2D eigenvalue weighted by molar-refractivity contribution is 5.13. The summed E-state index contributed by atoms with van der Waals surface area (Å²) in [4.78, 5) is 0. The molecule has 0 N–H and O–H groups in total. The van der Waals surface area contributed by atoms with Crippen LogP contribution >= 0.6 is 0 Å². The molecular weight excluding hydrogens is 134 g/mol. The summed E-state index contributed by atoms with van der Waals surface area (Å²) in [5, 5.41) is 8.75. The van der Waals surface area contributed by atoms with E-state index in [-0.39, 0.29) is 0 Å². The SMILES string of the molecule is CC1(C2CCCC2)CC1C#N. The lowest BCUT2D eigenvalue weighted by atomic mass is 9.87. The Morgan fingerprint density at radius 3 is 2.45 bits per heavy atom. The van der Waals surface area contributed by atoms with Gasteiger partial charge in [-0.2, -0.15) is 5.26 Å². The molecule has 0 radical (unpaired) electrons. The van der Waals surface area contributed by atoms with Gasteiger partial charge in [0, 0.05) is 0 Å². The minimum absolute atomic E-state index is 0.394. The summed E-state index contributed by atoms with van der Waals surface area (Å²) in [5.74, 6) is 1.28. The van der Waals surface area contributed by atoms with Gasteiger partial charge in [-0.25, -0.2) is 0 Å². The lowest BCUT2D eigenvalue weighted by Gasteiger charge is -2.16. The van der Waals surface area contributed by atoms with Crippen molar-refractivity contribution in [2.45, 2.75) is 39.0 Å². The summed E-state index contributed by atoms with van der Waals surface area (Å²) in [6.07, 6.45) is 6.74. The number of nitriles is 1. The predicted molar refractivity (Wildman–Crippen MR) is 43.8 cm³/mol. The first-order valence-corrected chi connectivity index (χ1v) is 4.67. The Hall–Kier alpha value is -0.510. The summed E-state index contributed by atoms with van der Waals surface area (Å²) in [7, 11) is 0. The number of nitrogens with zero attached hydrogens (tertiary/aromatic N) is 1. The van der Waals surface area contributed by atoms with Crippen LogP contribution < -0.4 is 0 Å². The van der Waals surface area contributed by atoms with Gasteiger partial charge in [0.15, 0.2) is 0 Å². The zero-order chi connectivity index (χ0) is 7.90. The fraction of sp³-hybridized carbons (Fsp3) is 0.900. The lowest BCUT2D eigenvalue weighted by Crippen LogP contribution is -2.10. The third-order valence-corrected chi connectivity index (χ3v) is 3.72. The highest BCUT2D eigenvalue weighted by Crippen LogP contribution is 2.61. The highest BCUT2D eigenvalue weighted by Gasteiger charge is 2.55. The fourth-order valence-electron chi connectivity index (χ4n) is 2.61. The van der Waals surface area contributed by atoms with Crippen LogP contribution in [0, 0.1) is 28.6 Å². The van der Waals surface area contributed by atoms with Crippen molar-refractivity contribution >= 4 is 0 Å². The second-order valence-electron chi connectivity index (χ2n) is 4.37. The molecule has 2 aliphatic carbocycles. The summed E-state index contributed by atoms with van der Waals surface area (Å²) < 4.78 is 0. The third-order valence-electron chi connectivity index (χ3n) is 3.72. The molecule has 2 atom stereocenters. The maximum Gasteiger partial charge on any atom is 0.0661 e. The molecule has 0 spiro atoms. The van der Waals surface area contributed by atoms with E-state index in [9.17, 15) is 0 Å². The Morgan fingerprint density at radius 1 is 1.36 bits per heavy atom. The van der Waals surface area contributed by atoms with E-state index in [4.69, 9.17) is 5.26 Å². The van der Waals surface area contributed by atoms with Crippen LogP contribution in [-0.2, 0) is 0 Å². The summed E-state index contributed by atoms with van der Waals surface area (Å²) in [5.41, 5.74) is 0.436. The zero-order valence-corrected chi connectivity index (χ0v) is 7.14. The molecule has 2 rings (SSSR count). The Balaban J connectivity index is 2.01. The van der Waals surface area contributed by atoms with Crippen molar-refractivity contribution in [2.24, 2.45) is 17.3 Å². The molecular formula is C10H15N. The average molecular weight is 149 g/mol. The molecule has 2 unspecified atom stereocenters. The van der Waals surface area contributed by atoms with Gasteiger partial charge in [-0.05, 0) is 30.6 Å². The first-order valence-electron chi connectivity index (χ1n) is 4.67. The molecule has 2 fully saturated rings. The summed E-state index contributed by atoms with van der Waals surface area (Å²) in [6.45, 7) is 2.30. The Kier molecular flexibility index (Phi) is 1.45. The Morgan fingerprint density at radius 2 is 2.00 bits per heavy atom. The molecule has 60 valence electrons. The first-order chi connectivity index (χ1) is 5.27. The van der Waals surface area contributed by atoms with Crippen molar-refractivity contribution in [1.29, 1.82) is 5.26 Å². The molecule has 0 bridgehead atoms. The van der Waals surface area contributed by atoms with Gasteiger partial charge in [-0.1, -0.05) is 19.8 Å². The standard InChI is InChI=1S/C10H15N/c1-10(6-9(10)7-11)8-4-2-3-5-8/h8-9H,2-6H2,1H3. The molecule has 0 saturated heterocycles. The minimum Gasteiger partial charge on any atom is -0.198 e. The highest BCUT2D eigenvalue weighted by atomic mass is 14.6. The maximum atomic E-state index is 8.75. The lowest BCUT2D eigenvalue weighted by molar-refractivity contribution is 0.328. The van der Waals surface area contributed by atoms with Crippen LogP contribution in [0.4, 0.5) is 0 Å². The van der Waals surface area contributed by atoms with Gasteiger partial charge in [0.2, 0.25) is 0 Å². The van der Waals surface area contributed by atoms with Gasteiger partial charge in [0.05, 0.1) is 12.0 Å². The van der Waals surface area contributed by atoms with Crippen molar-refractivity contribution in [3.8, 4) is 6.07 Å². The van der Waals surface area contributed by atoms with Gasteiger partial charge >= 0.3 is 0 Å². The van der Waals surface area contributed by atoms with Crippen LogP contribution in [0.5, 0.6) is 0 Å². The number of hydrogen-bond donors (Lipinski definition) is 0. The molecule has 1 nitrogen and oxygen atoms in total. The van der Waals surface area contributed by atoms with Crippen LogP contribution in [-0.4, -0.2) is 0 Å². The molecule has 0 heterocycles. The number of hydrogen-bond acceptors (Lipinski definition) is 1. The Bertz CT molecular complexity index is 197. The smallest absolute Gasteiger partial charge is 0.0661 e. The van der Waals surface area contributed by atoms with E-state index in [0.717, 1.165) is 5.92 Å². The van der Waals surface area contributed by atoms with E-state index in [1.54, 1.807) is 0 Å². The third kappa shape index (κ3) is 0.965. The van der Waals surface area contributed by atoms with E-state index in [1.807, 2.05) is 0 Å². The van der Waals surface area contributed by atoms with Crippen LogP contribution in [0.2, 0.25) is 0 Å². The monoisotopic (exact) mass is 149 g/mol. The van der Waals surface area contributed by atoms with E-state index in [2.05, 4.69) is 13.0 Å². The average Bonchev–Trinajstić information content (AvgIpc) is 2.55. The summed E-state index contributed by atoms with van der Waals surface area (Å²) >= 11 is 0. The van der Waals surface area contributed by atoms with E-state index in [0.29, 0.717) is 11.3 Å². The minimum atomic E-state index is 0.394. The van der Waals surface area contributed by atoms with E-state index < -0.39 is 0 Å².